The summed E-state index contributed by atoms with van der Waals surface area (Å²) < 4.78 is 12.8. The van der Waals surface area contributed by atoms with Gasteiger partial charge < -0.3 is 19.4 Å². The highest BCUT2D eigenvalue weighted by molar-refractivity contribution is 6.07. The van der Waals surface area contributed by atoms with Gasteiger partial charge >= 0.3 is 0 Å². The molecule has 6 nitrogen and oxygen atoms in total. The number of nitrogens with zero attached hydrogens (tertiary/aromatic N) is 1. The summed E-state index contributed by atoms with van der Waals surface area (Å²) in [6.45, 7) is 2.09. The maximum atomic E-state index is 12.7. The monoisotopic (exact) mass is 406 g/mol. The first-order chi connectivity index (χ1) is 14.5. The first-order valence-electron chi connectivity index (χ1n) is 10.1. The molecule has 0 aliphatic heterocycles. The molecule has 0 saturated heterocycles. The van der Waals surface area contributed by atoms with E-state index in [1.807, 2.05) is 47.2 Å². The largest absolute Gasteiger partial charge is 0.493 e. The third-order valence-corrected chi connectivity index (χ3v) is 5.81. The van der Waals surface area contributed by atoms with Crippen LogP contribution < -0.4 is 14.8 Å². The van der Waals surface area contributed by atoms with Crippen molar-refractivity contribution < 1.29 is 19.1 Å². The normalized spacial score (nSPS) is 15.1. The van der Waals surface area contributed by atoms with E-state index in [-0.39, 0.29) is 17.7 Å². The van der Waals surface area contributed by atoms with Crippen molar-refractivity contribution in [1.82, 2.24) is 9.88 Å². The van der Waals surface area contributed by atoms with E-state index in [0.29, 0.717) is 30.0 Å². The first-order valence-corrected chi connectivity index (χ1v) is 10.1. The van der Waals surface area contributed by atoms with Gasteiger partial charge in [0.2, 0.25) is 5.91 Å². The second-order valence-electron chi connectivity index (χ2n) is 7.62. The number of ketones is 1. The van der Waals surface area contributed by atoms with Crippen LogP contribution in [0.5, 0.6) is 11.5 Å². The van der Waals surface area contributed by atoms with Gasteiger partial charge in [-0.3, -0.25) is 9.59 Å². The molecule has 1 heterocycles. The number of benzene rings is 2. The number of aromatic nitrogens is 1. The summed E-state index contributed by atoms with van der Waals surface area (Å²) in [5.41, 5.74) is 3.93. The standard InChI is InChI=1S/C24H26N2O4/c1-15(27)19-14-26(21-7-5-4-6-17(19)21)11-10-24(28)25-20-9-8-16-12-22(29-2)23(30-3)13-18(16)20/h4-7,12-14,20H,8-11H2,1-3H3,(H,25,28)/t20-/m1/s1. The van der Waals surface area contributed by atoms with Crippen LogP contribution in [0.3, 0.4) is 0 Å². The van der Waals surface area contributed by atoms with Crippen molar-refractivity contribution in [2.75, 3.05) is 14.2 Å². The van der Waals surface area contributed by atoms with E-state index in [2.05, 4.69) is 5.32 Å². The van der Waals surface area contributed by atoms with Crippen LogP contribution in [0.1, 0.15) is 47.3 Å². The zero-order chi connectivity index (χ0) is 21.3. The lowest BCUT2D eigenvalue weighted by molar-refractivity contribution is -0.122. The number of ether oxygens (including phenoxy) is 2. The molecule has 156 valence electrons. The predicted molar refractivity (Wildman–Crippen MR) is 115 cm³/mol. The van der Waals surface area contributed by atoms with Crippen LogP contribution in [-0.4, -0.2) is 30.5 Å². The molecule has 0 radical (unpaired) electrons. The van der Waals surface area contributed by atoms with Crippen molar-refractivity contribution in [2.45, 2.75) is 38.8 Å². The van der Waals surface area contributed by atoms with E-state index in [4.69, 9.17) is 9.47 Å². The third-order valence-electron chi connectivity index (χ3n) is 5.81. The lowest BCUT2D eigenvalue weighted by atomic mass is 10.1. The lowest BCUT2D eigenvalue weighted by Crippen LogP contribution is -2.27. The van der Waals surface area contributed by atoms with Crippen molar-refractivity contribution in [1.29, 1.82) is 0 Å². The van der Waals surface area contributed by atoms with Crippen LogP contribution in [-0.2, 0) is 17.8 Å². The Balaban J connectivity index is 1.46. The molecule has 2 aromatic carbocycles. The number of nitrogens with one attached hydrogen (secondary N) is 1. The molecule has 1 aliphatic carbocycles. The fourth-order valence-corrected chi connectivity index (χ4v) is 4.28. The number of methoxy groups -OCH3 is 2. The van der Waals surface area contributed by atoms with Gasteiger partial charge in [0.25, 0.3) is 0 Å². The average molecular weight is 406 g/mol. The van der Waals surface area contributed by atoms with Crippen LogP contribution in [0.2, 0.25) is 0 Å². The molecule has 0 bridgehead atoms. The predicted octanol–water partition coefficient (Wildman–Crippen LogP) is 4.05. The summed E-state index contributed by atoms with van der Waals surface area (Å²) in [6.07, 6.45) is 3.95. The zero-order valence-corrected chi connectivity index (χ0v) is 17.5. The van der Waals surface area contributed by atoms with Crippen molar-refractivity contribution in [3.8, 4) is 11.5 Å². The molecule has 3 aromatic rings. The highest BCUT2D eigenvalue weighted by Gasteiger charge is 2.26. The number of fused-ring (bicyclic) bond motifs is 2. The number of amides is 1. The molecule has 0 saturated carbocycles. The smallest absolute Gasteiger partial charge is 0.222 e. The van der Waals surface area contributed by atoms with Gasteiger partial charge in [-0.25, -0.2) is 0 Å². The summed E-state index contributed by atoms with van der Waals surface area (Å²) in [5.74, 6) is 1.41. The van der Waals surface area contributed by atoms with E-state index in [1.165, 1.54) is 5.56 Å². The molecule has 30 heavy (non-hydrogen) atoms. The van der Waals surface area contributed by atoms with Crippen molar-refractivity contribution in [3.05, 3.63) is 59.3 Å². The van der Waals surface area contributed by atoms with Gasteiger partial charge in [-0.15, -0.1) is 0 Å². The van der Waals surface area contributed by atoms with E-state index in [0.717, 1.165) is 29.3 Å². The minimum Gasteiger partial charge on any atom is -0.493 e. The highest BCUT2D eigenvalue weighted by Crippen LogP contribution is 2.39. The van der Waals surface area contributed by atoms with E-state index < -0.39 is 0 Å². The van der Waals surface area contributed by atoms with Crippen LogP contribution in [0.15, 0.2) is 42.6 Å². The Morgan fingerprint density at radius 1 is 1.13 bits per heavy atom. The number of rotatable bonds is 7. The molecule has 1 atom stereocenters. The summed E-state index contributed by atoms with van der Waals surface area (Å²) >= 11 is 0. The molecule has 1 aromatic heterocycles. The zero-order valence-electron chi connectivity index (χ0n) is 17.5. The van der Waals surface area contributed by atoms with Gasteiger partial charge in [-0.1, -0.05) is 18.2 Å². The van der Waals surface area contributed by atoms with Gasteiger partial charge in [0.15, 0.2) is 17.3 Å². The van der Waals surface area contributed by atoms with Crippen LogP contribution in [0.4, 0.5) is 0 Å². The lowest BCUT2D eigenvalue weighted by Gasteiger charge is -2.16. The van der Waals surface area contributed by atoms with E-state index >= 15 is 0 Å². The van der Waals surface area contributed by atoms with Crippen molar-refractivity contribution in [2.24, 2.45) is 0 Å². The van der Waals surface area contributed by atoms with Gasteiger partial charge in [0.1, 0.15) is 0 Å². The minimum absolute atomic E-state index is 0.00945. The Kier molecular flexibility index (Phi) is 5.48. The number of hydrogen-bond donors (Lipinski definition) is 1. The quantitative estimate of drug-likeness (QED) is 0.601. The third kappa shape index (κ3) is 3.65. The Bertz CT molecular complexity index is 1120. The van der Waals surface area contributed by atoms with Gasteiger partial charge in [0, 0.05) is 35.6 Å². The van der Waals surface area contributed by atoms with Crippen molar-refractivity contribution >= 4 is 22.6 Å². The number of Topliss-reactive ketones (excluding diaryl/α,β-unsaturated/α-hetero) is 1. The second kappa shape index (κ2) is 8.22. The molecule has 6 heteroatoms. The van der Waals surface area contributed by atoms with Gasteiger partial charge in [-0.2, -0.15) is 0 Å². The summed E-state index contributed by atoms with van der Waals surface area (Å²) in [7, 11) is 3.24. The summed E-state index contributed by atoms with van der Waals surface area (Å²) in [6, 6.07) is 11.7. The number of carbonyl (C=O) groups excluding carboxylic acids is 2. The van der Waals surface area contributed by atoms with Crippen LogP contribution >= 0.6 is 0 Å². The van der Waals surface area contributed by atoms with Crippen LogP contribution in [0, 0.1) is 0 Å². The van der Waals surface area contributed by atoms with Crippen LogP contribution in [0.25, 0.3) is 10.9 Å². The molecule has 0 spiro atoms. The first kappa shape index (κ1) is 20.0. The molecular weight excluding hydrogens is 380 g/mol. The molecule has 1 N–H and O–H groups in total. The van der Waals surface area contributed by atoms with Crippen molar-refractivity contribution in [3.63, 3.8) is 0 Å². The van der Waals surface area contributed by atoms with E-state index in [9.17, 15) is 9.59 Å². The summed E-state index contributed by atoms with van der Waals surface area (Å²) in [4.78, 5) is 24.6. The number of hydrogen-bond acceptors (Lipinski definition) is 4. The second-order valence-corrected chi connectivity index (χ2v) is 7.62. The number of carbonyl (C=O) groups is 2. The summed E-state index contributed by atoms with van der Waals surface area (Å²) in [5, 5.41) is 4.08. The number of para-hydroxylation sites is 1. The molecular formula is C24H26N2O4. The fourth-order valence-electron chi connectivity index (χ4n) is 4.28. The number of aryl methyl sites for hydroxylation is 2. The molecule has 0 fully saturated rings. The molecule has 0 unspecified atom stereocenters. The average Bonchev–Trinajstić information content (AvgIpc) is 3.32. The van der Waals surface area contributed by atoms with E-state index in [1.54, 1.807) is 21.1 Å². The Morgan fingerprint density at radius 2 is 1.87 bits per heavy atom. The highest BCUT2D eigenvalue weighted by atomic mass is 16.5. The van der Waals surface area contributed by atoms with Gasteiger partial charge in [-0.05, 0) is 49.1 Å². The van der Waals surface area contributed by atoms with Gasteiger partial charge in [0.05, 0.1) is 20.3 Å². The maximum Gasteiger partial charge on any atom is 0.222 e. The SMILES string of the molecule is COc1cc2c(cc1OC)[C@H](NC(=O)CCn1cc(C(C)=O)c3ccccc31)CC2. The molecule has 4 rings (SSSR count). The minimum atomic E-state index is -0.0264. The Labute approximate surface area is 175 Å². The Hall–Kier alpha value is -3.28. The fraction of sp³-hybridized carbons (Fsp3) is 0.333. The molecule has 1 aliphatic rings. The Morgan fingerprint density at radius 3 is 2.60 bits per heavy atom. The maximum absolute atomic E-state index is 12.7. The molecule has 1 amide bonds. The topological polar surface area (TPSA) is 69.6 Å².